The Bertz CT molecular complexity index is 1230. The van der Waals surface area contributed by atoms with Crippen LogP contribution in [0.3, 0.4) is 0 Å². The predicted octanol–water partition coefficient (Wildman–Crippen LogP) is 19.6. The van der Waals surface area contributed by atoms with Crippen LogP contribution in [0.25, 0.3) is 0 Å². The van der Waals surface area contributed by atoms with Gasteiger partial charge >= 0.3 is 17.9 Å². The summed E-state index contributed by atoms with van der Waals surface area (Å²) in [7, 11) is 0. The first-order chi connectivity index (χ1) is 33.5. The highest BCUT2D eigenvalue weighted by Gasteiger charge is 2.19. The maximum absolute atomic E-state index is 12.7. The van der Waals surface area contributed by atoms with Gasteiger partial charge in [0, 0.05) is 19.3 Å². The molecule has 0 N–H and O–H groups in total. The van der Waals surface area contributed by atoms with Crippen LogP contribution < -0.4 is 0 Å². The lowest BCUT2D eigenvalue weighted by atomic mass is 10.0. The van der Waals surface area contributed by atoms with Gasteiger partial charge in [-0.2, -0.15) is 0 Å². The minimum Gasteiger partial charge on any atom is -0.462 e. The molecule has 1 atom stereocenters. The summed E-state index contributed by atoms with van der Waals surface area (Å²) in [5.74, 6) is -0.869. The molecule has 0 aliphatic carbocycles. The summed E-state index contributed by atoms with van der Waals surface area (Å²) in [5, 5.41) is 0. The fourth-order valence-corrected chi connectivity index (χ4v) is 8.41. The Balaban J connectivity index is 3.84. The largest absolute Gasteiger partial charge is 0.462 e. The average Bonchev–Trinajstić information content (AvgIpc) is 3.34. The molecule has 0 radical (unpaired) electrons. The number of hydrogen-bond donors (Lipinski definition) is 0. The molecule has 0 aromatic rings. The first-order valence-corrected chi connectivity index (χ1v) is 29.3. The number of allylic oxidation sites excluding steroid dienone is 10. The van der Waals surface area contributed by atoms with E-state index in [1.165, 1.54) is 167 Å². The van der Waals surface area contributed by atoms with Crippen molar-refractivity contribution < 1.29 is 28.6 Å². The lowest BCUT2D eigenvalue weighted by Gasteiger charge is -2.18. The van der Waals surface area contributed by atoms with Crippen molar-refractivity contribution in [1.82, 2.24) is 0 Å². The molecule has 0 spiro atoms. The summed E-state index contributed by atoms with van der Waals surface area (Å²) in [6.07, 6.45) is 71.4. The summed E-state index contributed by atoms with van der Waals surface area (Å²) in [5.41, 5.74) is 0. The van der Waals surface area contributed by atoms with E-state index in [0.29, 0.717) is 19.3 Å². The zero-order valence-corrected chi connectivity index (χ0v) is 45.1. The maximum Gasteiger partial charge on any atom is 0.306 e. The number of esters is 3. The fourth-order valence-electron chi connectivity index (χ4n) is 8.41. The Morgan fingerprint density at radius 2 is 0.574 bits per heavy atom. The van der Waals surface area contributed by atoms with E-state index in [1.54, 1.807) is 0 Å². The SMILES string of the molecule is CC/C=C\C/C=C\C/C=C\C/C=C\C/C=C\CCCCCCCCCCCCCCCCCCCCCC(=O)OCC(COC(=O)CCCCCCCCC)OC(=O)CCCCCCCCCC. The number of carbonyl (C=O) groups excluding carboxylic acids is 3. The van der Waals surface area contributed by atoms with Crippen molar-refractivity contribution in [3.8, 4) is 0 Å². The van der Waals surface area contributed by atoms with Gasteiger partial charge in [0.05, 0.1) is 0 Å². The zero-order valence-electron chi connectivity index (χ0n) is 45.1. The van der Waals surface area contributed by atoms with E-state index in [0.717, 1.165) is 89.9 Å². The van der Waals surface area contributed by atoms with Crippen molar-refractivity contribution in [2.45, 2.75) is 303 Å². The van der Waals surface area contributed by atoms with E-state index >= 15 is 0 Å². The Kier molecular flexibility index (Phi) is 54.3. The third-order valence-corrected chi connectivity index (χ3v) is 12.8. The molecule has 0 aliphatic rings. The van der Waals surface area contributed by atoms with Crippen LogP contribution in [0.5, 0.6) is 0 Å². The molecule has 0 heterocycles. The Labute approximate surface area is 421 Å². The van der Waals surface area contributed by atoms with Crippen molar-refractivity contribution in [1.29, 1.82) is 0 Å². The number of rotatable bonds is 53. The smallest absolute Gasteiger partial charge is 0.306 e. The molecular weight excluding hydrogens is 841 g/mol. The van der Waals surface area contributed by atoms with Crippen LogP contribution in [0.2, 0.25) is 0 Å². The van der Waals surface area contributed by atoms with Crippen LogP contribution in [0.4, 0.5) is 0 Å². The second-order valence-corrected chi connectivity index (χ2v) is 19.5. The van der Waals surface area contributed by atoms with Crippen molar-refractivity contribution in [3.05, 3.63) is 60.8 Å². The molecule has 0 aliphatic heterocycles. The third-order valence-electron chi connectivity index (χ3n) is 12.8. The van der Waals surface area contributed by atoms with Gasteiger partial charge in [-0.05, 0) is 64.2 Å². The van der Waals surface area contributed by atoms with Gasteiger partial charge in [0.15, 0.2) is 6.10 Å². The van der Waals surface area contributed by atoms with E-state index < -0.39 is 6.10 Å². The number of hydrogen-bond acceptors (Lipinski definition) is 6. The van der Waals surface area contributed by atoms with Crippen molar-refractivity contribution in [3.63, 3.8) is 0 Å². The molecule has 6 heteroatoms. The minimum absolute atomic E-state index is 0.0684. The number of carbonyl (C=O) groups is 3. The second kappa shape index (κ2) is 56.7. The summed E-state index contributed by atoms with van der Waals surface area (Å²) < 4.78 is 16.7. The molecule has 0 bridgehead atoms. The number of ether oxygens (including phenoxy) is 3. The van der Waals surface area contributed by atoms with Gasteiger partial charge in [0.2, 0.25) is 0 Å². The van der Waals surface area contributed by atoms with E-state index in [2.05, 4.69) is 81.5 Å². The Hall–Kier alpha value is -2.89. The first-order valence-electron chi connectivity index (χ1n) is 29.3. The minimum atomic E-state index is -0.763. The predicted molar refractivity (Wildman–Crippen MR) is 293 cm³/mol. The Morgan fingerprint density at radius 1 is 0.309 bits per heavy atom. The molecule has 0 amide bonds. The molecule has 0 aromatic heterocycles. The van der Waals surface area contributed by atoms with Crippen molar-refractivity contribution in [2.24, 2.45) is 0 Å². The van der Waals surface area contributed by atoms with Crippen LogP contribution in [0, 0.1) is 0 Å². The second-order valence-electron chi connectivity index (χ2n) is 19.5. The molecule has 0 saturated heterocycles. The van der Waals surface area contributed by atoms with Gasteiger partial charge in [-0.15, -0.1) is 0 Å². The van der Waals surface area contributed by atoms with Crippen LogP contribution in [0.1, 0.15) is 297 Å². The van der Waals surface area contributed by atoms with Gasteiger partial charge in [0.1, 0.15) is 13.2 Å². The van der Waals surface area contributed by atoms with Crippen molar-refractivity contribution in [2.75, 3.05) is 13.2 Å². The maximum atomic E-state index is 12.7. The number of unbranched alkanes of at least 4 members (excludes halogenated alkanes) is 32. The first kappa shape index (κ1) is 65.1. The van der Waals surface area contributed by atoms with Crippen LogP contribution in [0.15, 0.2) is 60.8 Å². The molecule has 394 valence electrons. The highest BCUT2D eigenvalue weighted by Crippen LogP contribution is 2.17. The molecule has 1 unspecified atom stereocenters. The van der Waals surface area contributed by atoms with Gasteiger partial charge in [-0.3, -0.25) is 14.4 Å². The summed E-state index contributed by atoms with van der Waals surface area (Å²) >= 11 is 0. The molecule has 68 heavy (non-hydrogen) atoms. The monoisotopic (exact) mass is 951 g/mol. The topological polar surface area (TPSA) is 78.9 Å². The fraction of sp³-hybridized carbons (Fsp3) is 0.790. The highest BCUT2D eigenvalue weighted by molar-refractivity contribution is 5.71. The molecule has 0 rings (SSSR count). The molecule has 6 nitrogen and oxygen atoms in total. The molecule has 0 saturated carbocycles. The van der Waals surface area contributed by atoms with Crippen LogP contribution in [-0.2, 0) is 28.6 Å². The molecule has 0 aromatic carbocycles. The molecular formula is C62H110O6. The standard InChI is InChI=1S/C62H110O6/c1-4-7-10-13-16-18-19-20-21-22-23-24-25-26-27-28-29-30-31-32-33-34-35-36-37-38-39-40-41-42-43-44-47-49-52-55-61(64)67-58-59(57-66-60(63)54-51-48-45-15-12-9-6-3)68-62(65)56-53-50-46-17-14-11-8-5-2/h7,10,16,18,20-21,23-24,26-27,59H,4-6,8-9,11-15,17,19,22,25,28-58H2,1-3H3/b10-7-,18-16-,21-20-,24-23-,27-26-. The van der Waals surface area contributed by atoms with Gasteiger partial charge in [-0.1, -0.05) is 274 Å². The van der Waals surface area contributed by atoms with Crippen molar-refractivity contribution >= 4 is 17.9 Å². The lowest BCUT2D eigenvalue weighted by molar-refractivity contribution is -0.167. The normalized spacial score (nSPS) is 12.5. The molecule has 0 fully saturated rings. The lowest BCUT2D eigenvalue weighted by Crippen LogP contribution is -2.30. The Morgan fingerprint density at radius 3 is 0.897 bits per heavy atom. The average molecular weight is 952 g/mol. The van der Waals surface area contributed by atoms with Crippen LogP contribution in [-0.4, -0.2) is 37.2 Å². The summed E-state index contributed by atoms with van der Waals surface area (Å²) in [4.78, 5) is 37.7. The van der Waals surface area contributed by atoms with Gasteiger partial charge < -0.3 is 14.2 Å². The van der Waals surface area contributed by atoms with E-state index in [-0.39, 0.29) is 31.1 Å². The van der Waals surface area contributed by atoms with Gasteiger partial charge in [-0.25, -0.2) is 0 Å². The van der Waals surface area contributed by atoms with E-state index in [9.17, 15) is 14.4 Å². The quantitative estimate of drug-likeness (QED) is 0.0262. The highest BCUT2D eigenvalue weighted by atomic mass is 16.6. The zero-order chi connectivity index (χ0) is 49.3. The third kappa shape index (κ3) is 54.1. The summed E-state index contributed by atoms with van der Waals surface area (Å²) in [6, 6.07) is 0. The summed E-state index contributed by atoms with van der Waals surface area (Å²) in [6.45, 7) is 6.47. The van der Waals surface area contributed by atoms with Gasteiger partial charge in [0.25, 0.3) is 0 Å². The van der Waals surface area contributed by atoms with E-state index in [1.807, 2.05) is 0 Å². The van der Waals surface area contributed by atoms with E-state index in [4.69, 9.17) is 14.2 Å². The van der Waals surface area contributed by atoms with Crippen LogP contribution >= 0.6 is 0 Å².